The molecule has 1 fully saturated rings. The van der Waals surface area contributed by atoms with E-state index in [1.165, 1.54) is 0 Å². The van der Waals surface area contributed by atoms with E-state index in [9.17, 15) is 13.2 Å². The standard InChI is InChI=1S/C13H23NO4S/c1-4-5-11(2)13(15)14(7-8-18-3)12-6-9-19(16,17)10-12/h5,12H,4,6-10H2,1-3H3/b11-5-. The lowest BCUT2D eigenvalue weighted by Gasteiger charge is -2.28. The molecule has 1 saturated heterocycles. The molecule has 0 aromatic heterocycles. The largest absolute Gasteiger partial charge is 0.383 e. The lowest BCUT2D eigenvalue weighted by molar-refractivity contribution is -0.129. The van der Waals surface area contributed by atoms with Gasteiger partial charge in [-0.2, -0.15) is 0 Å². The van der Waals surface area contributed by atoms with E-state index in [-0.39, 0.29) is 23.5 Å². The number of hydrogen-bond donors (Lipinski definition) is 0. The van der Waals surface area contributed by atoms with E-state index in [1.807, 2.05) is 13.0 Å². The number of nitrogens with zero attached hydrogens (tertiary/aromatic N) is 1. The number of allylic oxidation sites excluding steroid dienone is 1. The number of rotatable bonds is 6. The second-order valence-corrected chi connectivity index (χ2v) is 7.07. The number of sulfone groups is 1. The summed E-state index contributed by atoms with van der Waals surface area (Å²) in [6.45, 7) is 4.59. The highest BCUT2D eigenvalue weighted by Crippen LogP contribution is 2.19. The molecule has 1 aliphatic heterocycles. The quantitative estimate of drug-likeness (QED) is 0.684. The molecule has 19 heavy (non-hydrogen) atoms. The predicted molar refractivity (Wildman–Crippen MR) is 74.7 cm³/mol. The van der Waals surface area contributed by atoms with Crippen molar-refractivity contribution in [2.45, 2.75) is 32.7 Å². The lowest BCUT2D eigenvalue weighted by atomic mass is 10.1. The minimum absolute atomic E-state index is 0.0713. The van der Waals surface area contributed by atoms with Gasteiger partial charge in [0.05, 0.1) is 18.1 Å². The Balaban J connectivity index is 2.83. The van der Waals surface area contributed by atoms with Crippen LogP contribution in [0.2, 0.25) is 0 Å². The maximum atomic E-state index is 12.3. The maximum absolute atomic E-state index is 12.3. The average Bonchev–Trinajstić information content (AvgIpc) is 2.70. The van der Waals surface area contributed by atoms with Crippen molar-refractivity contribution in [3.05, 3.63) is 11.6 Å². The van der Waals surface area contributed by atoms with Crippen molar-refractivity contribution >= 4 is 15.7 Å². The first-order valence-electron chi connectivity index (χ1n) is 6.58. The van der Waals surface area contributed by atoms with Gasteiger partial charge in [0.25, 0.3) is 0 Å². The summed E-state index contributed by atoms with van der Waals surface area (Å²) in [6.07, 6.45) is 3.18. The third-order valence-corrected chi connectivity index (χ3v) is 5.04. The zero-order valence-corrected chi connectivity index (χ0v) is 12.7. The Bertz CT molecular complexity index is 442. The Morgan fingerprint density at radius 3 is 2.63 bits per heavy atom. The van der Waals surface area contributed by atoms with Crippen molar-refractivity contribution in [1.82, 2.24) is 4.90 Å². The smallest absolute Gasteiger partial charge is 0.249 e. The van der Waals surface area contributed by atoms with Crippen molar-refractivity contribution in [2.24, 2.45) is 0 Å². The minimum Gasteiger partial charge on any atom is -0.383 e. The monoisotopic (exact) mass is 289 g/mol. The molecule has 0 aromatic carbocycles. The first-order chi connectivity index (χ1) is 8.91. The summed E-state index contributed by atoms with van der Waals surface area (Å²) in [6, 6.07) is -0.215. The molecule has 0 spiro atoms. The van der Waals surface area contributed by atoms with E-state index in [1.54, 1.807) is 18.9 Å². The van der Waals surface area contributed by atoms with Crippen LogP contribution in [0.15, 0.2) is 11.6 Å². The Morgan fingerprint density at radius 2 is 2.16 bits per heavy atom. The van der Waals surface area contributed by atoms with Crippen molar-refractivity contribution in [3.8, 4) is 0 Å². The van der Waals surface area contributed by atoms with Gasteiger partial charge in [-0.15, -0.1) is 0 Å². The molecule has 5 nitrogen and oxygen atoms in total. The van der Waals surface area contributed by atoms with Crippen LogP contribution in [-0.2, 0) is 19.4 Å². The molecule has 1 aliphatic rings. The maximum Gasteiger partial charge on any atom is 0.249 e. The van der Waals surface area contributed by atoms with Gasteiger partial charge in [-0.3, -0.25) is 4.79 Å². The van der Waals surface area contributed by atoms with Gasteiger partial charge in [0.15, 0.2) is 9.84 Å². The van der Waals surface area contributed by atoms with Crippen LogP contribution < -0.4 is 0 Å². The third-order valence-electron chi connectivity index (χ3n) is 3.29. The van der Waals surface area contributed by atoms with Crippen molar-refractivity contribution < 1.29 is 17.9 Å². The summed E-state index contributed by atoms with van der Waals surface area (Å²) in [4.78, 5) is 14.0. The summed E-state index contributed by atoms with van der Waals surface area (Å²) in [7, 11) is -1.42. The normalized spacial score (nSPS) is 22.5. The van der Waals surface area contributed by atoms with Crippen LogP contribution in [0, 0.1) is 0 Å². The molecule has 0 bridgehead atoms. The van der Waals surface area contributed by atoms with Crippen LogP contribution in [0.1, 0.15) is 26.7 Å². The Hall–Kier alpha value is -0.880. The highest BCUT2D eigenvalue weighted by Gasteiger charge is 2.34. The van der Waals surface area contributed by atoms with Gasteiger partial charge in [0.1, 0.15) is 0 Å². The second-order valence-electron chi connectivity index (χ2n) is 4.84. The van der Waals surface area contributed by atoms with Crippen molar-refractivity contribution in [1.29, 1.82) is 0 Å². The molecular formula is C13H23NO4S. The first-order valence-corrected chi connectivity index (χ1v) is 8.40. The first kappa shape index (κ1) is 16.2. The van der Waals surface area contributed by atoms with Gasteiger partial charge in [-0.1, -0.05) is 13.0 Å². The van der Waals surface area contributed by atoms with Crippen molar-refractivity contribution in [2.75, 3.05) is 31.8 Å². The summed E-state index contributed by atoms with van der Waals surface area (Å²) in [5.41, 5.74) is 0.669. The van der Waals surface area contributed by atoms with Crippen LogP contribution >= 0.6 is 0 Å². The van der Waals surface area contributed by atoms with Gasteiger partial charge in [0, 0.05) is 25.3 Å². The Kier molecular flexibility index (Phi) is 6.00. The van der Waals surface area contributed by atoms with E-state index < -0.39 is 9.84 Å². The number of ether oxygens (including phenoxy) is 1. The molecule has 1 atom stereocenters. The summed E-state index contributed by atoms with van der Waals surface area (Å²) in [5.74, 6) is 0.160. The van der Waals surface area contributed by atoms with E-state index in [4.69, 9.17) is 4.74 Å². The Morgan fingerprint density at radius 1 is 1.47 bits per heavy atom. The van der Waals surface area contributed by atoms with Gasteiger partial charge in [-0.25, -0.2) is 8.42 Å². The van der Waals surface area contributed by atoms with Crippen LogP contribution in [-0.4, -0.2) is 57.0 Å². The number of methoxy groups -OCH3 is 1. The topological polar surface area (TPSA) is 63.7 Å². The van der Waals surface area contributed by atoms with E-state index >= 15 is 0 Å². The summed E-state index contributed by atoms with van der Waals surface area (Å²) in [5, 5.41) is 0. The Labute approximate surface area is 115 Å². The molecule has 6 heteroatoms. The zero-order valence-electron chi connectivity index (χ0n) is 11.9. The van der Waals surface area contributed by atoms with Crippen LogP contribution in [0.25, 0.3) is 0 Å². The van der Waals surface area contributed by atoms with Crippen LogP contribution in [0.4, 0.5) is 0 Å². The second kappa shape index (κ2) is 7.05. The lowest BCUT2D eigenvalue weighted by Crippen LogP contribution is -2.43. The molecule has 1 heterocycles. The highest BCUT2D eigenvalue weighted by molar-refractivity contribution is 7.91. The molecule has 0 radical (unpaired) electrons. The number of carbonyl (C=O) groups excluding carboxylic acids is 1. The van der Waals surface area contributed by atoms with Gasteiger partial charge in [-0.05, 0) is 19.8 Å². The van der Waals surface area contributed by atoms with Gasteiger partial charge >= 0.3 is 0 Å². The summed E-state index contributed by atoms with van der Waals surface area (Å²) >= 11 is 0. The molecule has 1 rings (SSSR count). The molecule has 0 aromatic rings. The molecular weight excluding hydrogens is 266 g/mol. The SMILES string of the molecule is CC/C=C(/C)C(=O)N(CCOC)C1CCS(=O)(=O)C1. The van der Waals surface area contributed by atoms with Gasteiger partial charge in [0.2, 0.25) is 5.91 Å². The van der Waals surface area contributed by atoms with Crippen LogP contribution in [0.3, 0.4) is 0 Å². The number of amides is 1. The fourth-order valence-electron chi connectivity index (χ4n) is 2.28. The van der Waals surface area contributed by atoms with E-state index in [0.29, 0.717) is 25.1 Å². The fourth-order valence-corrected chi connectivity index (χ4v) is 4.01. The van der Waals surface area contributed by atoms with Crippen molar-refractivity contribution in [3.63, 3.8) is 0 Å². The fraction of sp³-hybridized carbons (Fsp3) is 0.769. The average molecular weight is 289 g/mol. The molecule has 0 N–H and O–H groups in total. The molecule has 1 amide bonds. The number of carbonyl (C=O) groups is 1. The van der Waals surface area contributed by atoms with Crippen LogP contribution in [0.5, 0.6) is 0 Å². The predicted octanol–water partition coefficient (Wildman–Crippen LogP) is 1.00. The molecule has 0 saturated carbocycles. The zero-order chi connectivity index (χ0) is 14.5. The molecule has 110 valence electrons. The molecule has 1 unspecified atom stereocenters. The van der Waals surface area contributed by atoms with E-state index in [0.717, 1.165) is 6.42 Å². The minimum atomic E-state index is -2.99. The molecule has 0 aliphatic carbocycles. The van der Waals surface area contributed by atoms with Gasteiger partial charge < -0.3 is 9.64 Å². The summed E-state index contributed by atoms with van der Waals surface area (Å²) < 4.78 is 28.1. The third kappa shape index (κ3) is 4.62. The highest BCUT2D eigenvalue weighted by atomic mass is 32.2. The number of hydrogen-bond acceptors (Lipinski definition) is 4. The van der Waals surface area contributed by atoms with E-state index in [2.05, 4.69) is 0 Å².